The first kappa shape index (κ1) is 14.1. The Labute approximate surface area is 119 Å². The number of rotatable bonds is 4. The van der Waals surface area contributed by atoms with Crippen LogP contribution in [-0.2, 0) is 0 Å². The van der Waals surface area contributed by atoms with Crippen molar-refractivity contribution in [2.45, 2.75) is 0 Å². The van der Waals surface area contributed by atoms with E-state index in [-0.39, 0.29) is 22.2 Å². The van der Waals surface area contributed by atoms with E-state index in [2.05, 4.69) is 10.3 Å². The second-order valence-electron chi connectivity index (χ2n) is 3.84. The van der Waals surface area contributed by atoms with Crippen LogP contribution in [0.2, 0.25) is 5.15 Å². The summed E-state index contributed by atoms with van der Waals surface area (Å²) in [7, 11) is 1.46. The number of ether oxygens (including phenoxy) is 1. The van der Waals surface area contributed by atoms with Gasteiger partial charge in [-0.05, 0) is 24.3 Å². The van der Waals surface area contributed by atoms with E-state index in [1.54, 1.807) is 0 Å². The Bertz CT molecular complexity index is 664. The summed E-state index contributed by atoms with van der Waals surface area (Å²) in [5, 5.41) is 11.6. The van der Waals surface area contributed by atoms with Gasteiger partial charge < -0.3 is 15.2 Å². The number of nitrogens with one attached hydrogen (secondary N) is 1. The van der Waals surface area contributed by atoms with Gasteiger partial charge in [0, 0.05) is 6.07 Å². The van der Waals surface area contributed by atoms with E-state index in [9.17, 15) is 9.18 Å². The largest absolute Gasteiger partial charge is 0.497 e. The van der Waals surface area contributed by atoms with Crippen LogP contribution in [0.4, 0.5) is 15.9 Å². The molecule has 0 unspecified atom stereocenters. The van der Waals surface area contributed by atoms with E-state index in [0.29, 0.717) is 5.75 Å². The van der Waals surface area contributed by atoms with Crippen LogP contribution in [0.3, 0.4) is 0 Å². The van der Waals surface area contributed by atoms with Gasteiger partial charge in [-0.25, -0.2) is 14.2 Å². The first-order valence-corrected chi connectivity index (χ1v) is 5.89. The topological polar surface area (TPSA) is 71.5 Å². The first-order valence-electron chi connectivity index (χ1n) is 5.51. The minimum absolute atomic E-state index is 0.00398. The molecule has 0 saturated heterocycles. The fourth-order valence-electron chi connectivity index (χ4n) is 1.55. The fourth-order valence-corrected chi connectivity index (χ4v) is 1.76. The molecule has 0 aliphatic carbocycles. The van der Waals surface area contributed by atoms with Gasteiger partial charge in [-0.3, -0.25) is 0 Å². The molecular formula is C13H10ClFN2O3. The summed E-state index contributed by atoms with van der Waals surface area (Å²) in [4.78, 5) is 14.8. The van der Waals surface area contributed by atoms with Crippen LogP contribution in [0.1, 0.15) is 10.4 Å². The molecule has 0 fully saturated rings. The highest BCUT2D eigenvalue weighted by molar-refractivity contribution is 6.29. The Morgan fingerprint density at radius 1 is 1.40 bits per heavy atom. The Hall–Kier alpha value is -2.34. The standard InChI is InChI=1S/C13H10ClFN2O3/c1-20-8-2-3-9(15)10(6-8)16-12-5-7(13(18)19)4-11(14)17-12/h2-6H,1H3,(H,16,17)(H,18,19). The third-order valence-electron chi connectivity index (χ3n) is 2.48. The Morgan fingerprint density at radius 3 is 2.80 bits per heavy atom. The van der Waals surface area contributed by atoms with Gasteiger partial charge in [0.15, 0.2) is 0 Å². The van der Waals surface area contributed by atoms with Crippen molar-refractivity contribution in [2.24, 2.45) is 0 Å². The van der Waals surface area contributed by atoms with Gasteiger partial charge in [0.1, 0.15) is 22.5 Å². The fraction of sp³-hybridized carbons (Fsp3) is 0.0769. The average Bonchev–Trinajstić information content (AvgIpc) is 2.40. The second-order valence-corrected chi connectivity index (χ2v) is 4.23. The molecule has 1 aromatic carbocycles. The number of halogens is 2. The van der Waals surface area contributed by atoms with E-state index < -0.39 is 11.8 Å². The van der Waals surface area contributed by atoms with Crippen molar-refractivity contribution in [1.29, 1.82) is 0 Å². The summed E-state index contributed by atoms with van der Waals surface area (Å²) >= 11 is 5.73. The quantitative estimate of drug-likeness (QED) is 0.847. The van der Waals surface area contributed by atoms with E-state index in [0.717, 1.165) is 0 Å². The number of methoxy groups -OCH3 is 1. The summed E-state index contributed by atoms with van der Waals surface area (Å²) in [6, 6.07) is 6.58. The number of carboxylic acids is 1. The number of nitrogens with zero attached hydrogens (tertiary/aromatic N) is 1. The molecule has 7 heteroatoms. The van der Waals surface area contributed by atoms with Crippen LogP contribution in [0.5, 0.6) is 5.75 Å². The van der Waals surface area contributed by atoms with Crippen molar-refractivity contribution in [3.8, 4) is 5.75 Å². The van der Waals surface area contributed by atoms with Gasteiger partial charge in [0.25, 0.3) is 0 Å². The van der Waals surface area contributed by atoms with E-state index in [1.165, 1.54) is 37.4 Å². The molecule has 0 aliphatic rings. The molecule has 0 radical (unpaired) electrons. The number of benzene rings is 1. The van der Waals surface area contributed by atoms with Crippen molar-refractivity contribution in [3.05, 3.63) is 46.9 Å². The zero-order valence-corrected chi connectivity index (χ0v) is 11.1. The lowest BCUT2D eigenvalue weighted by molar-refractivity contribution is 0.0697. The number of pyridine rings is 1. The Balaban J connectivity index is 2.36. The molecule has 1 aromatic heterocycles. The maximum Gasteiger partial charge on any atom is 0.335 e. The molecule has 20 heavy (non-hydrogen) atoms. The molecule has 1 heterocycles. The van der Waals surface area contributed by atoms with Crippen LogP contribution in [0.25, 0.3) is 0 Å². The molecular weight excluding hydrogens is 287 g/mol. The van der Waals surface area contributed by atoms with Crippen molar-refractivity contribution < 1.29 is 19.0 Å². The van der Waals surface area contributed by atoms with Gasteiger partial charge in [-0.15, -0.1) is 0 Å². The van der Waals surface area contributed by atoms with Crippen molar-refractivity contribution in [2.75, 3.05) is 12.4 Å². The maximum atomic E-state index is 13.7. The molecule has 2 rings (SSSR count). The SMILES string of the molecule is COc1ccc(F)c(Nc2cc(C(=O)O)cc(Cl)n2)c1. The average molecular weight is 297 g/mol. The highest BCUT2D eigenvalue weighted by atomic mass is 35.5. The lowest BCUT2D eigenvalue weighted by atomic mass is 10.2. The molecule has 5 nitrogen and oxygen atoms in total. The highest BCUT2D eigenvalue weighted by Crippen LogP contribution is 2.25. The minimum Gasteiger partial charge on any atom is -0.497 e. The summed E-state index contributed by atoms with van der Waals surface area (Å²) in [6.45, 7) is 0. The number of carboxylic acid groups (broad SMARTS) is 1. The summed E-state index contributed by atoms with van der Waals surface area (Å²) in [6.07, 6.45) is 0. The van der Waals surface area contributed by atoms with Crippen LogP contribution < -0.4 is 10.1 Å². The third-order valence-corrected chi connectivity index (χ3v) is 2.67. The number of aromatic nitrogens is 1. The van der Waals surface area contributed by atoms with Gasteiger partial charge in [-0.2, -0.15) is 0 Å². The third kappa shape index (κ3) is 3.16. The van der Waals surface area contributed by atoms with Crippen molar-refractivity contribution >= 4 is 29.1 Å². The molecule has 2 aromatic rings. The summed E-state index contributed by atoms with van der Waals surface area (Å²) in [5.74, 6) is -1.09. The highest BCUT2D eigenvalue weighted by Gasteiger charge is 2.10. The predicted octanol–water partition coefficient (Wildman–Crippen LogP) is 3.32. The van der Waals surface area contributed by atoms with Crippen LogP contribution in [0, 0.1) is 5.82 Å². The zero-order chi connectivity index (χ0) is 14.7. The van der Waals surface area contributed by atoms with Crippen LogP contribution in [0.15, 0.2) is 30.3 Å². The zero-order valence-electron chi connectivity index (χ0n) is 10.4. The summed E-state index contributed by atoms with van der Waals surface area (Å²) < 4.78 is 18.6. The molecule has 104 valence electrons. The Morgan fingerprint density at radius 2 is 2.15 bits per heavy atom. The van der Waals surface area contributed by atoms with E-state index >= 15 is 0 Å². The monoisotopic (exact) mass is 296 g/mol. The van der Waals surface area contributed by atoms with Crippen molar-refractivity contribution in [1.82, 2.24) is 4.98 Å². The van der Waals surface area contributed by atoms with Crippen LogP contribution in [-0.4, -0.2) is 23.2 Å². The number of carbonyl (C=O) groups is 1. The number of hydrogen-bond donors (Lipinski definition) is 2. The lowest BCUT2D eigenvalue weighted by Crippen LogP contribution is -2.02. The number of anilines is 2. The van der Waals surface area contributed by atoms with Gasteiger partial charge >= 0.3 is 5.97 Å². The van der Waals surface area contributed by atoms with Crippen LogP contribution >= 0.6 is 11.6 Å². The number of hydrogen-bond acceptors (Lipinski definition) is 4. The minimum atomic E-state index is -1.15. The molecule has 0 saturated carbocycles. The van der Waals surface area contributed by atoms with Gasteiger partial charge in [0.2, 0.25) is 0 Å². The number of aromatic carboxylic acids is 1. The molecule has 0 amide bonds. The predicted molar refractivity (Wildman–Crippen MR) is 72.4 cm³/mol. The van der Waals surface area contributed by atoms with E-state index in [4.69, 9.17) is 21.4 Å². The lowest BCUT2D eigenvalue weighted by Gasteiger charge is -2.09. The normalized spacial score (nSPS) is 10.2. The molecule has 2 N–H and O–H groups in total. The summed E-state index contributed by atoms with van der Waals surface area (Å²) in [5.41, 5.74) is 0.0614. The molecule has 0 spiro atoms. The molecule has 0 atom stereocenters. The smallest absolute Gasteiger partial charge is 0.335 e. The Kier molecular flexibility index (Phi) is 4.05. The van der Waals surface area contributed by atoms with Gasteiger partial charge in [-0.1, -0.05) is 11.6 Å². The molecule has 0 aliphatic heterocycles. The van der Waals surface area contributed by atoms with E-state index in [1.807, 2.05) is 0 Å². The van der Waals surface area contributed by atoms with Crippen molar-refractivity contribution in [3.63, 3.8) is 0 Å². The second kappa shape index (κ2) is 5.75. The first-order chi connectivity index (χ1) is 9.49. The molecule has 0 bridgehead atoms. The maximum absolute atomic E-state index is 13.7. The van der Waals surface area contributed by atoms with Gasteiger partial charge in [0.05, 0.1) is 18.4 Å².